The number of hydrogen-bond donors (Lipinski definition) is 2. The first-order valence-electron chi connectivity index (χ1n) is 5.45. The summed E-state index contributed by atoms with van der Waals surface area (Å²) in [7, 11) is 0. The molecule has 0 aromatic rings. The van der Waals surface area contributed by atoms with Crippen molar-refractivity contribution in [2.24, 2.45) is 5.73 Å². The van der Waals surface area contributed by atoms with Gasteiger partial charge in [0, 0.05) is 19.0 Å². The molecule has 0 aromatic heterocycles. The van der Waals surface area contributed by atoms with Crippen LogP contribution in [0.1, 0.15) is 25.7 Å². The summed E-state index contributed by atoms with van der Waals surface area (Å²) >= 11 is 0. The molecule has 1 rings (SSSR count). The Labute approximate surface area is 94.9 Å². The maximum Gasteiger partial charge on any atom is 0.303 e. The highest BCUT2D eigenvalue weighted by Gasteiger charge is 2.33. The highest BCUT2D eigenvalue weighted by atomic mass is 16.4. The molecule has 1 saturated carbocycles. The Bertz CT molecular complexity index is 287. The summed E-state index contributed by atoms with van der Waals surface area (Å²) in [5, 5.41) is 8.51. The van der Waals surface area contributed by atoms with Crippen LogP contribution in [0.5, 0.6) is 0 Å². The Morgan fingerprint density at radius 3 is 2.62 bits per heavy atom. The van der Waals surface area contributed by atoms with Gasteiger partial charge in [0.1, 0.15) is 0 Å². The van der Waals surface area contributed by atoms with E-state index >= 15 is 0 Å². The van der Waals surface area contributed by atoms with E-state index in [1.165, 1.54) is 0 Å². The molecule has 1 amide bonds. The van der Waals surface area contributed by atoms with E-state index in [2.05, 4.69) is 6.58 Å². The van der Waals surface area contributed by atoms with Crippen molar-refractivity contribution in [3.63, 3.8) is 0 Å². The maximum atomic E-state index is 11.9. The van der Waals surface area contributed by atoms with Gasteiger partial charge in [0.15, 0.2) is 0 Å². The van der Waals surface area contributed by atoms with Crippen molar-refractivity contribution in [1.29, 1.82) is 0 Å². The molecule has 1 fully saturated rings. The average Bonchev–Trinajstić information content (AvgIpc) is 3.05. The molecule has 0 radical (unpaired) electrons. The molecule has 1 aliphatic carbocycles. The summed E-state index contributed by atoms with van der Waals surface area (Å²) in [4.78, 5) is 24.0. The second-order valence-electron chi connectivity index (χ2n) is 4.05. The summed E-state index contributed by atoms with van der Waals surface area (Å²) in [5.41, 5.74) is 5.67. The number of hydrogen-bond acceptors (Lipinski definition) is 3. The molecule has 5 heteroatoms. The van der Waals surface area contributed by atoms with Crippen LogP contribution in [0.25, 0.3) is 0 Å². The van der Waals surface area contributed by atoms with Gasteiger partial charge in [-0.15, -0.1) is 6.58 Å². The van der Waals surface area contributed by atoms with Crippen LogP contribution in [0.4, 0.5) is 0 Å². The van der Waals surface area contributed by atoms with Gasteiger partial charge in [-0.3, -0.25) is 9.59 Å². The van der Waals surface area contributed by atoms with E-state index in [4.69, 9.17) is 10.8 Å². The lowest BCUT2D eigenvalue weighted by atomic mass is 10.1. The van der Waals surface area contributed by atoms with Crippen LogP contribution in [0.15, 0.2) is 12.7 Å². The third-order valence-electron chi connectivity index (χ3n) is 2.58. The van der Waals surface area contributed by atoms with Gasteiger partial charge in [0.05, 0.1) is 6.04 Å². The van der Waals surface area contributed by atoms with Crippen LogP contribution >= 0.6 is 0 Å². The molecule has 1 unspecified atom stereocenters. The Balaban J connectivity index is 2.45. The van der Waals surface area contributed by atoms with E-state index in [0.717, 1.165) is 12.8 Å². The lowest BCUT2D eigenvalue weighted by Crippen LogP contribution is -2.45. The largest absolute Gasteiger partial charge is 0.481 e. The van der Waals surface area contributed by atoms with Crippen molar-refractivity contribution in [2.45, 2.75) is 37.8 Å². The number of nitrogens with two attached hydrogens (primary N) is 1. The summed E-state index contributed by atoms with van der Waals surface area (Å²) < 4.78 is 0. The molecule has 1 atom stereocenters. The first-order valence-corrected chi connectivity index (χ1v) is 5.45. The third kappa shape index (κ3) is 3.66. The number of rotatable bonds is 7. The van der Waals surface area contributed by atoms with E-state index in [0.29, 0.717) is 6.54 Å². The van der Waals surface area contributed by atoms with Gasteiger partial charge in [-0.05, 0) is 19.3 Å². The minimum atomic E-state index is -0.926. The number of amides is 1. The number of carbonyl (C=O) groups is 2. The molecule has 0 heterocycles. The zero-order valence-electron chi connectivity index (χ0n) is 9.26. The van der Waals surface area contributed by atoms with Crippen molar-refractivity contribution >= 4 is 11.9 Å². The Kier molecular flexibility index (Phi) is 4.49. The monoisotopic (exact) mass is 226 g/mol. The van der Waals surface area contributed by atoms with Crippen LogP contribution in [0, 0.1) is 0 Å². The number of carbonyl (C=O) groups excluding carboxylic acids is 1. The van der Waals surface area contributed by atoms with Crippen LogP contribution < -0.4 is 5.73 Å². The molecule has 90 valence electrons. The molecule has 5 nitrogen and oxygen atoms in total. The normalized spacial score (nSPS) is 16.6. The predicted octanol–water partition coefficient (Wildman–Crippen LogP) is 0.355. The van der Waals surface area contributed by atoms with Crippen LogP contribution in [0.2, 0.25) is 0 Å². The third-order valence-corrected chi connectivity index (χ3v) is 2.58. The van der Waals surface area contributed by atoms with Gasteiger partial charge < -0.3 is 15.7 Å². The quantitative estimate of drug-likeness (QED) is 0.614. The Morgan fingerprint density at radius 2 is 2.19 bits per heavy atom. The van der Waals surface area contributed by atoms with Crippen molar-refractivity contribution in [1.82, 2.24) is 4.90 Å². The highest BCUT2D eigenvalue weighted by molar-refractivity contribution is 5.83. The topological polar surface area (TPSA) is 83.6 Å². The fourth-order valence-electron chi connectivity index (χ4n) is 1.56. The predicted molar refractivity (Wildman–Crippen MR) is 59.8 cm³/mol. The van der Waals surface area contributed by atoms with Crippen LogP contribution in [0.3, 0.4) is 0 Å². The zero-order chi connectivity index (χ0) is 12.1. The SMILES string of the molecule is C=CCN(C(=O)C(N)CCC(=O)O)C1CC1. The minimum absolute atomic E-state index is 0.0699. The lowest BCUT2D eigenvalue weighted by molar-refractivity contribution is -0.137. The fraction of sp³-hybridized carbons (Fsp3) is 0.636. The summed E-state index contributed by atoms with van der Waals surface area (Å²) in [6, 6.07) is -0.432. The minimum Gasteiger partial charge on any atom is -0.481 e. The molecule has 0 spiro atoms. The van der Waals surface area contributed by atoms with Gasteiger partial charge in [-0.2, -0.15) is 0 Å². The van der Waals surface area contributed by atoms with Gasteiger partial charge >= 0.3 is 5.97 Å². The smallest absolute Gasteiger partial charge is 0.303 e. The lowest BCUT2D eigenvalue weighted by Gasteiger charge is -2.24. The van der Waals surface area contributed by atoms with Gasteiger partial charge in [-0.25, -0.2) is 0 Å². The molecular weight excluding hydrogens is 208 g/mol. The van der Waals surface area contributed by atoms with Gasteiger partial charge in [0.25, 0.3) is 0 Å². The maximum absolute atomic E-state index is 11.9. The molecule has 16 heavy (non-hydrogen) atoms. The van der Waals surface area contributed by atoms with E-state index in [1.54, 1.807) is 11.0 Å². The van der Waals surface area contributed by atoms with Crippen molar-refractivity contribution in [3.05, 3.63) is 12.7 Å². The summed E-state index contributed by atoms with van der Waals surface area (Å²) in [6.45, 7) is 4.09. The van der Waals surface area contributed by atoms with E-state index in [-0.39, 0.29) is 24.8 Å². The van der Waals surface area contributed by atoms with Crippen LogP contribution in [-0.2, 0) is 9.59 Å². The molecule has 0 saturated heterocycles. The van der Waals surface area contributed by atoms with E-state index < -0.39 is 12.0 Å². The molecule has 0 aromatic carbocycles. The molecule has 3 N–H and O–H groups in total. The second-order valence-corrected chi connectivity index (χ2v) is 4.05. The molecular formula is C11H18N2O3. The summed E-state index contributed by atoms with van der Waals surface area (Å²) in [6.07, 6.45) is 3.80. The van der Waals surface area contributed by atoms with Crippen molar-refractivity contribution < 1.29 is 14.7 Å². The van der Waals surface area contributed by atoms with Gasteiger partial charge in [-0.1, -0.05) is 6.08 Å². The van der Waals surface area contributed by atoms with E-state index in [1.807, 2.05) is 0 Å². The van der Waals surface area contributed by atoms with Crippen molar-refractivity contribution in [2.75, 3.05) is 6.54 Å². The first kappa shape index (κ1) is 12.7. The van der Waals surface area contributed by atoms with Crippen molar-refractivity contribution in [3.8, 4) is 0 Å². The molecule has 0 aliphatic heterocycles. The van der Waals surface area contributed by atoms with E-state index in [9.17, 15) is 9.59 Å². The standard InChI is InChI=1S/C11H18N2O3/c1-2-7-13(8-3-4-8)11(16)9(12)5-6-10(14)15/h2,8-9H,1,3-7,12H2,(H,14,15). The Morgan fingerprint density at radius 1 is 1.56 bits per heavy atom. The number of nitrogens with zero attached hydrogens (tertiary/aromatic N) is 1. The highest BCUT2D eigenvalue weighted by Crippen LogP contribution is 2.27. The zero-order valence-corrected chi connectivity index (χ0v) is 9.26. The second kappa shape index (κ2) is 5.65. The summed E-state index contributed by atoms with van der Waals surface area (Å²) in [5.74, 6) is -1.09. The Hall–Kier alpha value is -1.36. The number of carboxylic acid groups (broad SMARTS) is 1. The fourth-order valence-corrected chi connectivity index (χ4v) is 1.56. The van der Waals surface area contributed by atoms with Crippen LogP contribution in [-0.4, -0.2) is 40.5 Å². The first-order chi connectivity index (χ1) is 7.56. The molecule has 1 aliphatic rings. The number of aliphatic carboxylic acids is 1. The number of carboxylic acids is 1. The molecule has 0 bridgehead atoms. The average molecular weight is 226 g/mol. The van der Waals surface area contributed by atoms with Gasteiger partial charge in [0.2, 0.25) is 5.91 Å².